The zero-order chi connectivity index (χ0) is 14.7. The fourth-order valence-corrected chi connectivity index (χ4v) is 2.57. The first-order chi connectivity index (χ1) is 10.2. The van der Waals surface area contributed by atoms with Crippen molar-refractivity contribution in [2.75, 3.05) is 31.1 Å². The number of H-pyrrole nitrogens is 1. The van der Waals surface area contributed by atoms with Gasteiger partial charge in [-0.2, -0.15) is 15.2 Å². The Labute approximate surface area is 122 Å². The average molecular weight is 289 g/mol. The molecule has 8 heteroatoms. The van der Waals surface area contributed by atoms with Gasteiger partial charge in [0.25, 0.3) is 0 Å². The highest BCUT2D eigenvalue weighted by Crippen LogP contribution is 2.12. The summed E-state index contributed by atoms with van der Waals surface area (Å²) in [5.74, 6) is 0.885. The number of anilines is 1. The first-order valence-corrected chi connectivity index (χ1v) is 7.10. The van der Waals surface area contributed by atoms with Crippen LogP contribution >= 0.6 is 0 Å². The van der Waals surface area contributed by atoms with Gasteiger partial charge < -0.3 is 9.80 Å². The second-order valence-corrected chi connectivity index (χ2v) is 5.25. The maximum atomic E-state index is 12.4. The van der Waals surface area contributed by atoms with E-state index in [4.69, 9.17) is 0 Å². The minimum Gasteiger partial charge on any atom is -0.339 e. The zero-order valence-electron chi connectivity index (χ0n) is 12.0. The van der Waals surface area contributed by atoms with Crippen LogP contribution in [-0.2, 0) is 11.3 Å². The van der Waals surface area contributed by atoms with Gasteiger partial charge in [-0.25, -0.2) is 5.10 Å². The molecule has 0 spiro atoms. The third kappa shape index (κ3) is 3.04. The van der Waals surface area contributed by atoms with Crippen LogP contribution in [0.1, 0.15) is 6.92 Å². The molecule has 1 fully saturated rings. The molecule has 1 N–H and O–H groups in total. The lowest BCUT2D eigenvalue weighted by atomic mass is 10.1. The molecule has 2 aromatic rings. The molecule has 1 saturated heterocycles. The second kappa shape index (κ2) is 5.94. The van der Waals surface area contributed by atoms with Crippen molar-refractivity contribution in [3.63, 3.8) is 0 Å². The van der Waals surface area contributed by atoms with Crippen LogP contribution in [0.25, 0.3) is 0 Å². The highest BCUT2D eigenvalue weighted by Gasteiger charge is 2.26. The SMILES string of the molecule is CC(Cn1cccn1)C(=O)N1CCN(c2ncn[nH]2)CC1. The van der Waals surface area contributed by atoms with Crippen LogP contribution in [-0.4, -0.2) is 61.9 Å². The van der Waals surface area contributed by atoms with Gasteiger partial charge in [0, 0.05) is 38.6 Å². The Bertz CT molecular complexity index is 557. The van der Waals surface area contributed by atoms with E-state index in [1.807, 2.05) is 24.1 Å². The van der Waals surface area contributed by atoms with Crippen molar-refractivity contribution >= 4 is 11.9 Å². The number of hydrogen-bond donors (Lipinski definition) is 1. The van der Waals surface area contributed by atoms with Gasteiger partial charge in [0.1, 0.15) is 6.33 Å². The minimum absolute atomic E-state index is 0.0678. The van der Waals surface area contributed by atoms with Crippen LogP contribution in [0.2, 0.25) is 0 Å². The van der Waals surface area contributed by atoms with Gasteiger partial charge in [-0.05, 0) is 6.07 Å². The molecule has 8 nitrogen and oxygen atoms in total. The van der Waals surface area contributed by atoms with Crippen molar-refractivity contribution < 1.29 is 4.79 Å². The van der Waals surface area contributed by atoms with E-state index in [1.165, 1.54) is 6.33 Å². The number of nitrogens with one attached hydrogen (secondary N) is 1. The van der Waals surface area contributed by atoms with E-state index in [9.17, 15) is 4.79 Å². The summed E-state index contributed by atoms with van der Waals surface area (Å²) in [5.41, 5.74) is 0. The van der Waals surface area contributed by atoms with Crippen molar-refractivity contribution in [1.29, 1.82) is 0 Å². The average Bonchev–Trinajstić information content (AvgIpc) is 3.20. The molecule has 0 saturated carbocycles. The number of nitrogens with zero attached hydrogens (tertiary/aromatic N) is 6. The van der Waals surface area contributed by atoms with Crippen LogP contribution < -0.4 is 4.90 Å². The maximum Gasteiger partial charge on any atom is 0.227 e. The number of carbonyl (C=O) groups is 1. The Morgan fingerprint density at radius 3 is 2.81 bits per heavy atom. The summed E-state index contributed by atoms with van der Waals surface area (Å²) < 4.78 is 1.80. The summed E-state index contributed by atoms with van der Waals surface area (Å²) in [6, 6.07) is 1.87. The molecule has 1 amide bonds. The number of hydrogen-bond acceptors (Lipinski definition) is 5. The van der Waals surface area contributed by atoms with Crippen LogP contribution in [0.3, 0.4) is 0 Å². The lowest BCUT2D eigenvalue weighted by Crippen LogP contribution is -2.50. The fraction of sp³-hybridized carbons (Fsp3) is 0.538. The molecule has 1 aliphatic rings. The molecule has 1 aliphatic heterocycles. The smallest absolute Gasteiger partial charge is 0.227 e. The molecule has 3 rings (SSSR count). The lowest BCUT2D eigenvalue weighted by Gasteiger charge is -2.35. The monoisotopic (exact) mass is 289 g/mol. The largest absolute Gasteiger partial charge is 0.339 e. The third-order valence-corrected chi connectivity index (χ3v) is 3.73. The van der Waals surface area contributed by atoms with Crippen molar-refractivity contribution in [3.05, 3.63) is 24.8 Å². The number of rotatable bonds is 4. The van der Waals surface area contributed by atoms with E-state index in [0.29, 0.717) is 19.6 Å². The number of piperazine rings is 1. The van der Waals surface area contributed by atoms with E-state index < -0.39 is 0 Å². The molecule has 0 aliphatic carbocycles. The fourth-order valence-electron chi connectivity index (χ4n) is 2.57. The molecular formula is C13H19N7O. The first-order valence-electron chi connectivity index (χ1n) is 7.10. The molecule has 0 bridgehead atoms. The zero-order valence-corrected chi connectivity index (χ0v) is 12.0. The Balaban J connectivity index is 1.52. The molecule has 1 unspecified atom stereocenters. The van der Waals surface area contributed by atoms with Crippen LogP contribution in [0.4, 0.5) is 5.95 Å². The number of carbonyl (C=O) groups excluding carboxylic acids is 1. The Hall–Kier alpha value is -2.38. The molecule has 0 aromatic carbocycles. The standard InChI is InChI=1S/C13H19N7O/c1-11(9-20-4-2-3-16-20)12(21)18-5-7-19(8-6-18)13-14-10-15-17-13/h2-4,10-11H,5-9H2,1H3,(H,14,15,17). The van der Waals surface area contributed by atoms with Crippen molar-refractivity contribution in [2.24, 2.45) is 5.92 Å². The van der Waals surface area contributed by atoms with E-state index in [2.05, 4.69) is 25.2 Å². The maximum absolute atomic E-state index is 12.4. The molecule has 0 radical (unpaired) electrons. The van der Waals surface area contributed by atoms with Gasteiger partial charge in [-0.1, -0.05) is 6.92 Å². The van der Waals surface area contributed by atoms with Gasteiger partial charge in [-0.15, -0.1) is 0 Å². The van der Waals surface area contributed by atoms with Gasteiger partial charge in [0.2, 0.25) is 11.9 Å². The van der Waals surface area contributed by atoms with E-state index >= 15 is 0 Å². The van der Waals surface area contributed by atoms with Gasteiger partial charge in [0.05, 0.1) is 12.5 Å². The van der Waals surface area contributed by atoms with Gasteiger partial charge >= 0.3 is 0 Å². The number of aromatic nitrogens is 5. The number of amides is 1. The van der Waals surface area contributed by atoms with Crippen molar-refractivity contribution in [2.45, 2.75) is 13.5 Å². The Morgan fingerprint density at radius 2 is 2.19 bits per heavy atom. The predicted octanol–water partition coefficient (Wildman–Crippen LogP) is -0.0139. The van der Waals surface area contributed by atoms with Crippen LogP contribution in [0.5, 0.6) is 0 Å². The summed E-state index contributed by atoms with van der Waals surface area (Å²) in [6.45, 7) is 5.54. The summed E-state index contributed by atoms with van der Waals surface area (Å²) in [7, 11) is 0. The van der Waals surface area contributed by atoms with Gasteiger partial charge in [0.15, 0.2) is 0 Å². The highest BCUT2D eigenvalue weighted by atomic mass is 16.2. The molecule has 3 heterocycles. The third-order valence-electron chi connectivity index (χ3n) is 3.73. The lowest BCUT2D eigenvalue weighted by molar-refractivity contribution is -0.135. The normalized spacial score (nSPS) is 17.0. The summed E-state index contributed by atoms with van der Waals surface area (Å²) in [4.78, 5) is 20.6. The molecule has 1 atom stereocenters. The van der Waals surface area contributed by atoms with Crippen LogP contribution in [0.15, 0.2) is 24.8 Å². The number of aromatic amines is 1. The molecule has 2 aromatic heterocycles. The second-order valence-electron chi connectivity index (χ2n) is 5.25. The van der Waals surface area contributed by atoms with E-state index in [1.54, 1.807) is 10.9 Å². The predicted molar refractivity (Wildman–Crippen MR) is 76.6 cm³/mol. The molecular weight excluding hydrogens is 270 g/mol. The quantitative estimate of drug-likeness (QED) is 0.855. The summed E-state index contributed by atoms with van der Waals surface area (Å²) in [6.07, 6.45) is 5.11. The molecule has 112 valence electrons. The Kier molecular flexibility index (Phi) is 3.85. The van der Waals surface area contributed by atoms with E-state index in [-0.39, 0.29) is 11.8 Å². The molecule has 21 heavy (non-hydrogen) atoms. The minimum atomic E-state index is -0.0678. The Morgan fingerprint density at radius 1 is 1.38 bits per heavy atom. The summed E-state index contributed by atoms with van der Waals surface area (Å²) >= 11 is 0. The van der Waals surface area contributed by atoms with E-state index in [0.717, 1.165) is 19.0 Å². The first kappa shape index (κ1) is 13.6. The van der Waals surface area contributed by atoms with Crippen molar-refractivity contribution in [1.82, 2.24) is 29.9 Å². The van der Waals surface area contributed by atoms with Crippen molar-refractivity contribution in [3.8, 4) is 0 Å². The van der Waals surface area contributed by atoms with Gasteiger partial charge in [-0.3, -0.25) is 9.48 Å². The highest BCUT2D eigenvalue weighted by molar-refractivity contribution is 5.78. The summed E-state index contributed by atoms with van der Waals surface area (Å²) in [5, 5.41) is 10.9. The van der Waals surface area contributed by atoms with Crippen LogP contribution in [0, 0.1) is 5.92 Å². The topological polar surface area (TPSA) is 82.9 Å².